The molecule has 0 aliphatic carbocycles. The average molecular weight is 429 g/mol. The number of allylic oxidation sites excluding steroid dienone is 1. The first-order chi connectivity index (χ1) is 11.8. The molecule has 0 fully saturated rings. The lowest BCUT2D eigenvalue weighted by Gasteiger charge is -2.17. The molecule has 2 rings (SSSR count). The third-order valence-corrected chi connectivity index (χ3v) is 4.61. The maximum atomic E-state index is 8.86. The van der Waals surface area contributed by atoms with E-state index in [1.807, 2.05) is 43.7 Å². The highest BCUT2D eigenvalue weighted by Crippen LogP contribution is 2.34. The van der Waals surface area contributed by atoms with Crippen LogP contribution >= 0.6 is 27.5 Å². The molecule has 1 aromatic heterocycles. The number of anilines is 2. The van der Waals surface area contributed by atoms with Crippen LogP contribution in [0, 0.1) is 0 Å². The summed E-state index contributed by atoms with van der Waals surface area (Å²) in [5.41, 5.74) is 6.74. The number of hydrogen-bond donors (Lipinski definition) is 3. The van der Waals surface area contributed by atoms with E-state index < -0.39 is 0 Å². The number of aliphatic hydroxyl groups is 1. The first-order valence-corrected chi connectivity index (χ1v) is 9.08. The summed E-state index contributed by atoms with van der Waals surface area (Å²) in [6.45, 7) is 8.19. The summed E-state index contributed by atoms with van der Waals surface area (Å²) in [6, 6.07) is 7.67. The van der Waals surface area contributed by atoms with Gasteiger partial charge in [-0.25, -0.2) is 0 Å². The lowest BCUT2D eigenvalue weighted by molar-refractivity contribution is -0.000300. The van der Waals surface area contributed by atoms with Crippen molar-refractivity contribution in [3.8, 4) is 0 Å². The zero-order valence-corrected chi connectivity index (χ0v) is 16.9. The van der Waals surface area contributed by atoms with Gasteiger partial charge in [0.05, 0.1) is 30.0 Å². The lowest BCUT2D eigenvalue weighted by Crippen LogP contribution is -2.21. The molecule has 7 heteroatoms. The van der Waals surface area contributed by atoms with Crippen molar-refractivity contribution in [2.45, 2.75) is 19.9 Å². The van der Waals surface area contributed by atoms with E-state index in [1.54, 1.807) is 0 Å². The average Bonchev–Trinajstić information content (AvgIpc) is 2.87. The Bertz CT molecular complexity index is 761. The summed E-state index contributed by atoms with van der Waals surface area (Å²) in [7, 11) is 1.98. The van der Waals surface area contributed by atoms with Crippen LogP contribution in [0.5, 0.6) is 0 Å². The zero-order chi connectivity index (χ0) is 18.6. The number of nitrogens with one attached hydrogen (secondary N) is 2. The van der Waals surface area contributed by atoms with Gasteiger partial charge in [0, 0.05) is 22.8 Å². The molecule has 0 aliphatic heterocycles. The SMILES string of the molecule is C=C(C)c1cc(C(C)NOCCO)c(Nc2ccc(Br)cc2Cl)n1C. The predicted octanol–water partition coefficient (Wildman–Crippen LogP) is 4.79. The van der Waals surface area contributed by atoms with E-state index in [0.717, 1.165) is 32.8 Å². The van der Waals surface area contributed by atoms with Crippen molar-refractivity contribution in [2.24, 2.45) is 7.05 Å². The molecule has 0 saturated carbocycles. The number of hydroxylamine groups is 1. The van der Waals surface area contributed by atoms with Crippen LogP contribution in [-0.4, -0.2) is 22.9 Å². The van der Waals surface area contributed by atoms with Crippen LogP contribution in [0.15, 0.2) is 35.3 Å². The van der Waals surface area contributed by atoms with Gasteiger partial charge >= 0.3 is 0 Å². The topological polar surface area (TPSA) is 58.4 Å². The van der Waals surface area contributed by atoms with Gasteiger partial charge in [0.1, 0.15) is 5.82 Å². The number of aromatic nitrogens is 1. The number of aliphatic hydroxyl groups excluding tert-OH is 1. The highest BCUT2D eigenvalue weighted by atomic mass is 79.9. The third-order valence-electron chi connectivity index (χ3n) is 3.80. The van der Waals surface area contributed by atoms with E-state index in [4.69, 9.17) is 21.5 Å². The summed E-state index contributed by atoms with van der Waals surface area (Å²) in [4.78, 5) is 5.26. The van der Waals surface area contributed by atoms with E-state index in [9.17, 15) is 0 Å². The van der Waals surface area contributed by atoms with Crippen molar-refractivity contribution in [3.63, 3.8) is 0 Å². The number of nitrogens with zero attached hydrogens (tertiary/aromatic N) is 1. The van der Waals surface area contributed by atoms with Gasteiger partial charge in [0.15, 0.2) is 0 Å². The molecule has 0 radical (unpaired) electrons. The number of benzene rings is 1. The Kier molecular flexibility index (Phi) is 7.10. The fourth-order valence-corrected chi connectivity index (χ4v) is 3.25. The molecule has 5 nitrogen and oxygen atoms in total. The second-order valence-corrected chi connectivity index (χ2v) is 7.16. The first-order valence-electron chi connectivity index (χ1n) is 7.91. The van der Waals surface area contributed by atoms with Crippen LogP contribution in [0.2, 0.25) is 5.02 Å². The number of hydrogen-bond acceptors (Lipinski definition) is 4. The van der Waals surface area contributed by atoms with Gasteiger partial charge in [-0.2, -0.15) is 5.48 Å². The minimum atomic E-state index is -0.0948. The summed E-state index contributed by atoms with van der Waals surface area (Å²) < 4.78 is 2.96. The molecular weight excluding hydrogens is 406 g/mol. The lowest BCUT2D eigenvalue weighted by atomic mass is 10.1. The second-order valence-electron chi connectivity index (χ2n) is 5.83. The Morgan fingerprint density at radius 3 is 2.76 bits per heavy atom. The molecule has 136 valence electrons. The molecule has 1 heterocycles. The van der Waals surface area contributed by atoms with Gasteiger partial charge in [-0.1, -0.05) is 34.1 Å². The van der Waals surface area contributed by atoms with Crippen molar-refractivity contribution < 1.29 is 9.94 Å². The fraction of sp³-hybridized carbons (Fsp3) is 0.333. The predicted molar refractivity (Wildman–Crippen MR) is 107 cm³/mol. The van der Waals surface area contributed by atoms with E-state index in [2.05, 4.69) is 39.4 Å². The Morgan fingerprint density at radius 2 is 2.16 bits per heavy atom. The highest BCUT2D eigenvalue weighted by molar-refractivity contribution is 9.10. The van der Waals surface area contributed by atoms with Gasteiger partial charge in [0.2, 0.25) is 0 Å². The van der Waals surface area contributed by atoms with Crippen molar-refractivity contribution in [2.75, 3.05) is 18.5 Å². The summed E-state index contributed by atoms with van der Waals surface area (Å²) in [6.07, 6.45) is 0. The Balaban J connectivity index is 2.38. The van der Waals surface area contributed by atoms with Crippen LogP contribution in [0.4, 0.5) is 11.5 Å². The van der Waals surface area contributed by atoms with E-state index >= 15 is 0 Å². The van der Waals surface area contributed by atoms with Crippen LogP contribution in [-0.2, 0) is 11.9 Å². The van der Waals surface area contributed by atoms with Gasteiger partial charge in [0.25, 0.3) is 0 Å². The Hall–Kier alpha value is -1.31. The molecule has 25 heavy (non-hydrogen) atoms. The molecule has 0 aliphatic rings. The fourth-order valence-electron chi connectivity index (χ4n) is 2.53. The monoisotopic (exact) mass is 427 g/mol. The van der Waals surface area contributed by atoms with Crippen LogP contribution in [0.1, 0.15) is 31.1 Å². The minimum absolute atomic E-state index is 0.0366. The van der Waals surface area contributed by atoms with E-state index in [1.165, 1.54) is 0 Å². The molecule has 0 spiro atoms. The van der Waals surface area contributed by atoms with Gasteiger partial charge < -0.3 is 15.0 Å². The van der Waals surface area contributed by atoms with Gasteiger partial charge in [-0.3, -0.25) is 4.84 Å². The second kappa shape index (κ2) is 8.87. The molecule has 0 amide bonds. The largest absolute Gasteiger partial charge is 0.394 e. The summed E-state index contributed by atoms with van der Waals surface area (Å²) in [5.74, 6) is 0.898. The quantitative estimate of drug-likeness (QED) is 0.418. The van der Waals surface area contributed by atoms with Crippen molar-refractivity contribution in [3.05, 3.63) is 51.6 Å². The van der Waals surface area contributed by atoms with Gasteiger partial charge in [-0.05, 0) is 43.7 Å². The standard InChI is InChI=1S/C18H23BrClN3O2/c1-11(2)17-10-14(12(3)22-25-8-7-24)18(23(17)4)21-16-6-5-13(19)9-15(16)20/h5-6,9-10,12,21-22,24H,1,7-8H2,2-4H3. The van der Waals surface area contributed by atoms with E-state index in [0.29, 0.717) is 5.02 Å². The summed E-state index contributed by atoms with van der Waals surface area (Å²) >= 11 is 9.76. The Labute approximate surface area is 161 Å². The zero-order valence-electron chi connectivity index (χ0n) is 14.6. The van der Waals surface area contributed by atoms with Crippen molar-refractivity contribution >= 4 is 44.6 Å². The smallest absolute Gasteiger partial charge is 0.115 e. The van der Waals surface area contributed by atoms with Crippen LogP contribution < -0.4 is 10.8 Å². The molecule has 2 aromatic rings. The first kappa shape index (κ1) is 20.0. The number of halogens is 2. The normalized spacial score (nSPS) is 12.2. The van der Waals surface area contributed by atoms with Crippen molar-refractivity contribution in [1.82, 2.24) is 10.0 Å². The molecule has 3 N–H and O–H groups in total. The maximum Gasteiger partial charge on any atom is 0.115 e. The maximum absolute atomic E-state index is 8.86. The van der Waals surface area contributed by atoms with Crippen molar-refractivity contribution in [1.29, 1.82) is 0 Å². The molecule has 1 atom stereocenters. The molecule has 0 bridgehead atoms. The number of rotatable bonds is 8. The molecule has 1 unspecified atom stereocenters. The molecule has 1 aromatic carbocycles. The highest BCUT2D eigenvalue weighted by Gasteiger charge is 2.19. The van der Waals surface area contributed by atoms with Crippen LogP contribution in [0.3, 0.4) is 0 Å². The van der Waals surface area contributed by atoms with Crippen LogP contribution in [0.25, 0.3) is 5.57 Å². The summed E-state index contributed by atoms with van der Waals surface area (Å²) in [5, 5.41) is 12.9. The Morgan fingerprint density at radius 1 is 1.44 bits per heavy atom. The van der Waals surface area contributed by atoms with E-state index in [-0.39, 0.29) is 19.3 Å². The molecular formula is C18H23BrClN3O2. The van der Waals surface area contributed by atoms with Gasteiger partial charge in [-0.15, -0.1) is 0 Å². The molecule has 0 saturated heterocycles. The minimum Gasteiger partial charge on any atom is -0.394 e. The third kappa shape index (κ3) is 4.86.